The molecule has 0 radical (unpaired) electrons. The molecule has 3 rings (SSSR count). The standard InChI is InChI=1S/C13H21N5O2S/c1-2-14-13-17-16-12(21-13)11(19)15-6-10-7-18-5-3-4-9(18)8-20-10/h9-10H,2-8H2,1H3,(H,14,17)(H,15,19). The molecule has 2 aliphatic rings. The maximum Gasteiger partial charge on any atom is 0.282 e. The Bertz CT molecular complexity index is 495. The van der Waals surface area contributed by atoms with Crippen molar-refractivity contribution < 1.29 is 9.53 Å². The number of carbonyl (C=O) groups is 1. The number of amides is 1. The minimum Gasteiger partial charge on any atom is -0.373 e. The van der Waals surface area contributed by atoms with Crippen LogP contribution in [-0.2, 0) is 4.74 Å². The number of aromatic nitrogens is 2. The molecule has 0 bridgehead atoms. The van der Waals surface area contributed by atoms with Crippen LogP contribution in [0, 0.1) is 0 Å². The van der Waals surface area contributed by atoms with Crippen LogP contribution in [0.3, 0.4) is 0 Å². The fourth-order valence-electron chi connectivity index (χ4n) is 2.83. The third-order valence-electron chi connectivity index (χ3n) is 3.90. The minimum atomic E-state index is -0.177. The zero-order valence-corrected chi connectivity index (χ0v) is 13.0. The molecule has 1 amide bonds. The van der Waals surface area contributed by atoms with Crippen molar-refractivity contribution in [3.8, 4) is 0 Å². The molecule has 2 fully saturated rings. The molecule has 0 aromatic carbocycles. The zero-order valence-electron chi connectivity index (χ0n) is 12.2. The van der Waals surface area contributed by atoms with Crippen molar-refractivity contribution in [3.05, 3.63) is 5.01 Å². The third-order valence-corrected chi connectivity index (χ3v) is 4.78. The Morgan fingerprint density at radius 1 is 1.52 bits per heavy atom. The lowest BCUT2D eigenvalue weighted by atomic mass is 10.2. The lowest BCUT2D eigenvalue weighted by molar-refractivity contribution is -0.0461. The second-order valence-corrected chi connectivity index (χ2v) is 6.38. The van der Waals surface area contributed by atoms with E-state index in [4.69, 9.17) is 4.74 Å². The molecule has 2 N–H and O–H groups in total. The molecule has 1 aromatic rings. The highest BCUT2D eigenvalue weighted by Crippen LogP contribution is 2.22. The van der Waals surface area contributed by atoms with Gasteiger partial charge in [0.2, 0.25) is 10.1 Å². The van der Waals surface area contributed by atoms with Crippen LogP contribution in [0.1, 0.15) is 29.6 Å². The van der Waals surface area contributed by atoms with Gasteiger partial charge in [-0.2, -0.15) is 0 Å². The van der Waals surface area contributed by atoms with Crippen molar-refractivity contribution in [2.45, 2.75) is 31.9 Å². The van der Waals surface area contributed by atoms with Gasteiger partial charge < -0.3 is 15.4 Å². The molecule has 0 aliphatic carbocycles. The monoisotopic (exact) mass is 311 g/mol. The first kappa shape index (κ1) is 14.7. The summed E-state index contributed by atoms with van der Waals surface area (Å²) in [6.45, 7) is 6.11. The van der Waals surface area contributed by atoms with E-state index < -0.39 is 0 Å². The summed E-state index contributed by atoms with van der Waals surface area (Å²) in [5, 5.41) is 14.8. The summed E-state index contributed by atoms with van der Waals surface area (Å²) in [7, 11) is 0. The van der Waals surface area contributed by atoms with Gasteiger partial charge in [0.1, 0.15) is 0 Å². The summed E-state index contributed by atoms with van der Waals surface area (Å²) in [5.74, 6) is -0.177. The Balaban J connectivity index is 1.46. The molecule has 1 aromatic heterocycles. The SMILES string of the molecule is CCNc1nnc(C(=O)NCC2CN3CCCC3CO2)s1. The molecular weight excluding hydrogens is 290 g/mol. The van der Waals surface area contributed by atoms with Crippen LogP contribution in [0.15, 0.2) is 0 Å². The van der Waals surface area contributed by atoms with Gasteiger partial charge in [0.25, 0.3) is 5.91 Å². The predicted molar refractivity (Wildman–Crippen MR) is 80.7 cm³/mol. The van der Waals surface area contributed by atoms with Crippen LogP contribution in [0.4, 0.5) is 5.13 Å². The largest absolute Gasteiger partial charge is 0.373 e. The Morgan fingerprint density at radius 2 is 2.43 bits per heavy atom. The average molecular weight is 311 g/mol. The average Bonchev–Trinajstić information content (AvgIpc) is 3.13. The highest BCUT2D eigenvalue weighted by Gasteiger charge is 2.32. The van der Waals surface area contributed by atoms with Crippen molar-refractivity contribution >= 4 is 22.4 Å². The predicted octanol–water partition coefficient (Wildman–Crippen LogP) is 0.563. The molecule has 0 spiro atoms. The Hall–Kier alpha value is -1.25. The quantitative estimate of drug-likeness (QED) is 0.827. The number of nitrogens with one attached hydrogen (secondary N) is 2. The minimum absolute atomic E-state index is 0.0736. The van der Waals surface area contributed by atoms with Gasteiger partial charge in [-0.1, -0.05) is 11.3 Å². The number of anilines is 1. The van der Waals surface area contributed by atoms with Crippen molar-refractivity contribution in [1.82, 2.24) is 20.4 Å². The molecule has 2 atom stereocenters. The molecule has 7 nitrogen and oxygen atoms in total. The number of morpholine rings is 1. The maximum absolute atomic E-state index is 12.0. The number of ether oxygens (including phenoxy) is 1. The van der Waals surface area contributed by atoms with E-state index in [9.17, 15) is 4.79 Å². The van der Waals surface area contributed by atoms with E-state index in [1.165, 1.54) is 24.2 Å². The topological polar surface area (TPSA) is 79.4 Å². The molecule has 0 saturated carbocycles. The third kappa shape index (κ3) is 3.50. The van der Waals surface area contributed by atoms with Crippen LogP contribution in [0.25, 0.3) is 0 Å². The van der Waals surface area contributed by atoms with Crippen LogP contribution < -0.4 is 10.6 Å². The second-order valence-electron chi connectivity index (χ2n) is 5.40. The number of rotatable bonds is 5. The lowest BCUT2D eigenvalue weighted by Crippen LogP contribution is -2.50. The van der Waals surface area contributed by atoms with Gasteiger partial charge in [-0.3, -0.25) is 9.69 Å². The van der Waals surface area contributed by atoms with Gasteiger partial charge in [0, 0.05) is 25.7 Å². The summed E-state index contributed by atoms with van der Waals surface area (Å²) in [4.78, 5) is 14.5. The molecule has 21 heavy (non-hydrogen) atoms. The first-order chi connectivity index (χ1) is 10.3. The molecule has 3 heterocycles. The number of carbonyl (C=O) groups excluding carboxylic acids is 1. The molecule has 2 saturated heterocycles. The van der Waals surface area contributed by atoms with Gasteiger partial charge >= 0.3 is 0 Å². The van der Waals surface area contributed by atoms with E-state index in [0.29, 0.717) is 22.7 Å². The summed E-state index contributed by atoms with van der Waals surface area (Å²) in [6, 6.07) is 0.586. The Labute approximate surface area is 128 Å². The van der Waals surface area contributed by atoms with Gasteiger partial charge in [-0.15, -0.1) is 10.2 Å². The molecule has 8 heteroatoms. The zero-order chi connectivity index (χ0) is 14.7. The van der Waals surface area contributed by atoms with Crippen LogP contribution in [0.5, 0.6) is 0 Å². The first-order valence-corrected chi connectivity index (χ1v) is 8.29. The second kappa shape index (κ2) is 6.67. The fraction of sp³-hybridized carbons (Fsp3) is 0.769. The molecule has 116 valence electrons. The Morgan fingerprint density at radius 3 is 3.29 bits per heavy atom. The summed E-state index contributed by atoms with van der Waals surface area (Å²) in [5.41, 5.74) is 0. The molecular formula is C13H21N5O2S. The number of nitrogens with zero attached hydrogens (tertiary/aromatic N) is 3. The smallest absolute Gasteiger partial charge is 0.282 e. The van der Waals surface area contributed by atoms with E-state index in [-0.39, 0.29) is 12.0 Å². The van der Waals surface area contributed by atoms with Crippen molar-refractivity contribution in [3.63, 3.8) is 0 Å². The van der Waals surface area contributed by atoms with Gasteiger partial charge in [-0.05, 0) is 26.3 Å². The highest BCUT2D eigenvalue weighted by atomic mass is 32.1. The Kier molecular flexibility index (Phi) is 4.67. The molecule has 2 unspecified atom stereocenters. The van der Waals surface area contributed by atoms with Crippen molar-refractivity contribution in [1.29, 1.82) is 0 Å². The van der Waals surface area contributed by atoms with E-state index >= 15 is 0 Å². The number of fused-ring (bicyclic) bond motifs is 1. The summed E-state index contributed by atoms with van der Waals surface area (Å²) in [6.07, 6.45) is 2.56. The van der Waals surface area contributed by atoms with Crippen molar-refractivity contribution in [2.24, 2.45) is 0 Å². The van der Waals surface area contributed by atoms with Crippen molar-refractivity contribution in [2.75, 3.05) is 38.1 Å². The van der Waals surface area contributed by atoms with E-state index in [1.807, 2.05) is 6.92 Å². The van der Waals surface area contributed by atoms with Gasteiger partial charge in [0.15, 0.2) is 0 Å². The summed E-state index contributed by atoms with van der Waals surface area (Å²) >= 11 is 1.27. The van der Waals surface area contributed by atoms with E-state index in [0.717, 1.165) is 26.2 Å². The number of hydrogen-bond acceptors (Lipinski definition) is 7. The fourth-order valence-corrected chi connectivity index (χ4v) is 3.56. The van der Waals surface area contributed by atoms with Crippen LogP contribution >= 0.6 is 11.3 Å². The van der Waals surface area contributed by atoms with Gasteiger partial charge in [-0.25, -0.2) is 0 Å². The van der Waals surface area contributed by atoms with E-state index in [2.05, 4.69) is 25.7 Å². The normalized spacial score (nSPS) is 25.6. The molecule has 2 aliphatic heterocycles. The summed E-state index contributed by atoms with van der Waals surface area (Å²) < 4.78 is 5.82. The van der Waals surface area contributed by atoms with Crippen LogP contribution in [-0.4, -0.2) is 65.9 Å². The number of hydrogen-bond donors (Lipinski definition) is 2. The highest BCUT2D eigenvalue weighted by molar-refractivity contribution is 7.17. The van der Waals surface area contributed by atoms with Crippen LogP contribution in [0.2, 0.25) is 0 Å². The first-order valence-electron chi connectivity index (χ1n) is 7.47. The maximum atomic E-state index is 12.0. The lowest BCUT2D eigenvalue weighted by Gasteiger charge is -2.35. The van der Waals surface area contributed by atoms with Gasteiger partial charge in [0.05, 0.1) is 12.7 Å². The van der Waals surface area contributed by atoms with E-state index in [1.54, 1.807) is 0 Å².